The highest BCUT2D eigenvalue weighted by molar-refractivity contribution is 4.90. The summed E-state index contributed by atoms with van der Waals surface area (Å²) in [6.07, 6.45) is 3.04. The minimum atomic E-state index is -0.458. The van der Waals surface area contributed by atoms with Gasteiger partial charge in [-0.05, 0) is 6.42 Å². The third kappa shape index (κ3) is 3.81. The Morgan fingerprint density at radius 1 is 1.75 bits per heavy atom. The zero-order valence-electron chi connectivity index (χ0n) is 5.02. The highest BCUT2D eigenvalue weighted by Crippen LogP contribution is 1.97. The van der Waals surface area contributed by atoms with Gasteiger partial charge in [-0.25, -0.2) is 4.39 Å². The first kappa shape index (κ1) is 7.63. The van der Waals surface area contributed by atoms with Gasteiger partial charge in [-0.15, -0.1) is 0 Å². The molecule has 0 aliphatic rings. The van der Waals surface area contributed by atoms with Crippen molar-refractivity contribution in [3.05, 3.63) is 11.9 Å². The van der Waals surface area contributed by atoms with Gasteiger partial charge in [0.2, 0.25) is 0 Å². The van der Waals surface area contributed by atoms with Crippen LogP contribution in [0.15, 0.2) is 11.9 Å². The molecular formula is C6H11FO. The van der Waals surface area contributed by atoms with Crippen molar-refractivity contribution in [2.45, 2.75) is 19.8 Å². The van der Waals surface area contributed by atoms with Crippen molar-refractivity contribution < 1.29 is 9.50 Å². The second-order valence-corrected chi connectivity index (χ2v) is 1.60. The van der Waals surface area contributed by atoms with Gasteiger partial charge in [0.25, 0.3) is 0 Å². The van der Waals surface area contributed by atoms with E-state index in [9.17, 15) is 4.39 Å². The number of hydrogen-bond acceptors (Lipinski definition) is 1. The van der Waals surface area contributed by atoms with Gasteiger partial charge in [0.1, 0.15) is 5.83 Å². The molecule has 0 aliphatic carbocycles. The van der Waals surface area contributed by atoms with Crippen LogP contribution in [0.1, 0.15) is 19.8 Å². The van der Waals surface area contributed by atoms with E-state index in [0.29, 0.717) is 6.42 Å². The van der Waals surface area contributed by atoms with Crippen LogP contribution in [0.25, 0.3) is 0 Å². The summed E-state index contributed by atoms with van der Waals surface area (Å²) < 4.78 is 11.9. The number of hydrogen-bond donors (Lipinski definition) is 1. The topological polar surface area (TPSA) is 20.2 Å². The van der Waals surface area contributed by atoms with Crippen molar-refractivity contribution >= 4 is 0 Å². The number of aliphatic hydroxyl groups is 1. The fourth-order valence-electron chi connectivity index (χ4n) is 0.366. The molecule has 0 bridgehead atoms. The van der Waals surface area contributed by atoms with Crippen LogP contribution in [-0.2, 0) is 0 Å². The largest absolute Gasteiger partial charge is 0.389 e. The number of halogens is 1. The summed E-state index contributed by atoms with van der Waals surface area (Å²) in [5.41, 5.74) is 0. The predicted octanol–water partition coefficient (Wildman–Crippen LogP) is 1.63. The summed E-state index contributed by atoms with van der Waals surface area (Å²) in [4.78, 5) is 0. The summed E-state index contributed by atoms with van der Waals surface area (Å²) in [6, 6.07) is 0. The minimum absolute atomic E-state index is 0.424. The lowest BCUT2D eigenvalue weighted by atomic mass is 10.3. The van der Waals surface area contributed by atoms with Crippen molar-refractivity contribution in [3.63, 3.8) is 0 Å². The summed E-state index contributed by atoms with van der Waals surface area (Å²) >= 11 is 0. The van der Waals surface area contributed by atoms with Crippen molar-refractivity contribution in [2.75, 3.05) is 6.61 Å². The third-order valence-electron chi connectivity index (χ3n) is 0.806. The van der Waals surface area contributed by atoms with E-state index in [1.54, 1.807) is 0 Å². The van der Waals surface area contributed by atoms with Crippen molar-refractivity contribution in [1.29, 1.82) is 0 Å². The molecule has 0 fully saturated rings. The molecule has 8 heavy (non-hydrogen) atoms. The maximum absolute atomic E-state index is 11.9. The van der Waals surface area contributed by atoms with E-state index in [-0.39, 0.29) is 0 Å². The molecule has 0 aromatic heterocycles. The molecular weight excluding hydrogens is 107 g/mol. The molecule has 0 radical (unpaired) electrons. The fraction of sp³-hybridized carbons (Fsp3) is 0.667. The van der Waals surface area contributed by atoms with E-state index in [2.05, 4.69) is 0 Å². The molecule has 0 aromatic rings. The van der Waals surface area contributed by atoms with Gasteiger partial charge in [-0.1, -0.05) is 19.4 Å². The molecule has 0 unspecified atom stereocenters. The van der Waals surface area contributed by atoms with Gasteiger partial charge in [-0.2, -0.15) is 0 Å². The normalized spacial score (nSPS) is 12.1. The summed E-state index contributed by atoms with van der Waals surface area (Å²) in [7, 11) is 0. The monoisotopic (exact) mass is 118 g/mol. The van der Waals surface area contributed by atoms with Crippen molar-refractivity contribution in [2.24, 2.45) is 0 Å². The number of aliphatic hydroxyl groups excluding tert-OH is 1. The van der Waals surface area contributed by atoms with E-state index in [1.165, 1.54) is 6.08 Å². The Hall–Kier alpha value is -0.370. The average molecular weight is 118 g/mol. The van der Waals surface area contributed by atoms with Gasteiger partial charge in [-0.3, -0.25) is 0 Å². The van der Waals surface area contributed by atoms with E-state index in [4.69, 9.17) is 5.11 Å². The first-order valence-corrected chi connectivity index (χ1v) is 2.76. The summed E-state index contributed by atoms with van der Waals surface area (Å²) in [6.45, 7) is 1.50. The quantitative estimate of drug-likeness (QED) is 0.597. The van der Waals surface area contributed by atoms with E-state index < -0.39 is 12.4 Å². The molecule has 2 heteroatoms. The SMILES string of the molecule is CCC/C=C(\F)CO. The molecule has 0 heterocycles. The lowest BCUT2D eigenvalue weighted by molar-refractivity contribution is 0.297. The fourth-order valence-corrected chi connectivity index (χ4v) is 0.366. The Bertz CT molecular complexity index is 78.6. The minimum Gasteiger partial charge on any atom is -0.389 e. The Morgan fingerprint density at radius 2 is 2.38 bits per heavy atom. The Morgan fingerprint density at radius 3 is 2.75 bits per heavy atom. The van der Waals surface area contributed by atoms with Gasteiger partial charge < -0.3 is 5.11 Å². The van der Waals surface area contributed by atoms with E-state index in [1.807, 2.05) is 6.92 Å². The van der Waals surface area contributed by atoms with Gasteiger partial charge in [0.05, 0.1) is 6.61 Å². The first-order valence-electron chi connectivity index (χ1n) is 2.76. The van der Waals surface area contributed by atoms with Crippen LogP contribution in [0.2, 0.25) is 0 Å². The number of unbranched alkanes of at least 4 members (excludes halogenated alkanes) is 1. The van der Waals surface area contributed by atoms with Crippen LogP contribution < -0.4 is 0 Å². The molecule has 0 saturated heterocycles. The van der Waals surface area contributed by atoms with E-state index >= 15 is 0 Å². The van der Waals surface area contributed by atoms with Gasteiger partial charge >= 0.3 is 0 Å². The molecule has 0 aliphatic heterocycles. The average Bonchev–Trinajstić information content (AvgIpc) is 1.83. The van der Waals surface area contributed by atoms with Crippen LogP contribution in [0, 0.1) is 0 Å². The molecule has 1 N–H and O–H groups in total. The van der Waals surface area contributed by atoms with E-state index in [0.717, 1.165) is 6.42 Å². The molecule has 0 atom stereocenters. The zero-order chi connectivity index (χ0) is 6.41. The smallest absolute Gasteiger partial charge is 0.121 e. The second kappa shape index (κ2) is 4.78. The van der Waals surface area contributed by atoms with Crippen LogP contribution in [0.4, 0.5) is 4.39 Å². The summed E-state index contributed by atoms with van der Waals surface area (Å²) in [5.74, 6) is -0.424. The van der Waals surface area contributed by atoms with Crippen LogP contribution in [0.3, 0.4) is 0 Å². The zero-order valence-corrected chi connectivity index (χ0v) is 5.02. The standard InChI is InChI=1S/C6H11FO/c1-2-3-4-6(7)5-8/h4,8H,2-3,5H2,1H3/b6-4-. The maximum atomic E-state index is 11.9. The third-order valence-corrected chi connectivity index (χ3v) is 0.806. The lowest BCUT2D eigenvalue weighted by Gasteiger charge is -1.86. The first-order chi connectivity index (χ1) is 3.81. The Balaban J connectivity index is 3.26. The van der Waals surface area contributed by atoms with Crippen molar-refractivity contribution in [3.8, 4) is 0 Å². The number of rotatable bonds is 3. The van der Waals surface area contributed by atoms with Crippen LogP contribution >= 0.6 is 0 Å². The molecule has 48 valence electrons. The maximum Gasteiger partial charge on any atom is 0.121 e. The number of allylic oxidation sites excluding steroid dienone is 1. The molecule has 0 amide bonds. The van der Waals surface area contributed by atoms with Crippen LogP contribution in [-0.4, -0.2) is 11.7 Å². The molecule has 0 saturated carbocycles. The highest BCUT2D eigenvalue weighted by Gasteiger charge is 1.85. The van der Waals surface area contributed by atoms with Crippen molar-refractivity contribution in [1.82, 2.24) is 0 Å². The van der Waals surface area contributed by atoms with Gasteiger partial charge in [0, 0.05) is 0 Å². The predicted molar refractivity (Wildman–Crippen MR) is 31.2 cm³/mol. The molecule has 0 spiro atoms. The lowest BCUT2D eigenvalue weighted by Crippen LogP contribution is -1.80. The molecule has 0 rings (SSSR count). The highest BCUT2D eigenvalue weighted by atomic mass is 19.1. The summed E-state index contributed by atoms with van der Waals surface area (Å²) in [5, 5.41) is 8.12. The van der Waals surface area contributed by atoms with Gasteiger partial charge in [0.15, 0.2) is 0 Å². The molecule has 1 nitrogen and oxygen atoms in total. The van der Waals surface area contributed by atoms with Crippen LogP contribution in [0.5, 0.6) is 0 Å². The second-order valence-electron chi connectivity index (χ2n) is 1.60. The Kier molecular flexibility index (Phi) is 4.56. The Labute approximate surface area is 48.8 Å². The molecule has 0 aromatic carbocycles.